The normalized spacial score (nSPS) is 15.9. The van der Waals surface area contributed by atoms with Crippen molar-refractivity contribution in [1.82, 2.24) is 10.2 Å². The van der Waals surface area contributed by atoms with Gasteiger partial charge in [0, 0.05) is 41.8 Å². The van der Waals surface area contributed by atoms with Gasteiger partial charge in [0.2, 0.25) is 6.17 Å². The van der Waals surface area contributed by atoms with E-state index in [0.29, 0.717) is 38.7 Å². The van der Waals surface area contributed by atoms with Crippen LogP contribution in [0.5, 0.6) is 0 Å². The first kappa shape index (κ1) is 21.3. The standard InChI is InChI=1S/C21H20Cl2N4OS/c1-4-11-26(2)21(29)25-19-20(28)27(3)17-10-9-13(22)12-15(17)18(24-19)14-7-5-6-8-16(14)23/h4-10,12,19H,1,11H2,2-3H3,(H,25,29). The maximum absolute atomic E-state index is 13.2. The minimum atomic E-state index is -0.919. The van der Waals surface area contributed by atoms with E-state index in [1.54, 1.807) is 47.2 Å². The predicted octanol–water partition coefficient (Wildman–Crippen LogP) is 4.13. The molecule has 150 valence electrons. The zero-order valence-corrected chi connectivity index (χ0v) is 18.4. The molecule has 0 fully saturated rings. The average Bonchev–Trinajstić information content (AvgIpc) is 2.79. The quantitative estimate of drug-likeness (QED) is 0.566. The number of hydrogen-bond donors (Lipinski definition) is 1. The third kappa shape index (κ3) is 4.45. The summed E-state index contributed by atoms with van der Waals surface area (Å²) in [6.45, 7) is 4.25. The number of fused-ring (bicyclic) bond motifs is 1. The Bertz CT molecular complexity index is 1010. The molecule has 8 heteroatoms. The summed E-state index contributed by atoms with van der Waals surface area (Å²) in [5.74, 6) is -0.245. The van der Waals surface area contributed by atoms with Gasteiger partial charge >= 0.3 is 0 Å². The highest BCUT2D eigenvalue weighted by atomic mass is 35.5. The topological polar surface area (TPSA) is 47.9 Å². The Morgan fingerprint density at radius 2 is 2.03 bits per heavy atom. The van der Waals surface area contributed by atoms with Gasteiger partial charge in [-0.1, -0.05) is 47.5 Å². The molecule has 2 aromatic carbocycles. The summed E-state index contributed by atoms with van der Waals surface area (Å²) < 4.78 is 0. The summed E-state index contributed by atoms with van der Waals surface area (Å²) in [6, 6.07) is 12.7. The molecule has 1 amide bonds. The SMILES string of the molecule is C=CCN(C)C(=S)NC1N=C(c2ccccc2Cl)c2cc(Cl)ccc2N(C)C1=O. The highest BCUT2D eigenvalue weighted by Crippen LogP contribution is 2.31. The molecule has 1 unspecified atom stereocenters. The van der Waals surface area contributed by atoms with E-state index in [1.807, 2.05) is 25.2 Å². The summed E-state index contributed by atoms with van der Waals surface area (Å²) in [6.07, 6.45) is 0.808. The number of aliphatic imine (C=N–C) groups is 1. The van der Waals surface area contributed by atoms with Crippen molar-refractivity contribution < 1.29 is 4.79 Å². The molecule has 5 nitrogen and oxygen atoms in total. The van der Waals surface area contributed by atoms with Crippen molar-refractivity contribution >= 4 is 57.8 Å². The fraction of sp³-hybridized carbons (Fsp3) is 0.190. The number of anilines is 1. The highest BCUT2D eigenvalue weighted by molar-refractivity contribution is 7.80. The van der Waals surface area contributed by atoms with Gasteiger partial charge in [-0.15, -0.1) is 6.58 Å². The second kappa shape index (κ2) is 8.95. The van der Waals surface area contributed by atoms with Crippen molar-refractivity contribution in [3.63, 3.8) is 0 Å². The van der Waals surface area contributed by atoms with Crippen LogP contribution in [0.3, 0.4) is 0 Å². The minimum absolute atomic E-state index is 0.245. The van der Waals surface area contributed by atoms with Crippen LogP contribution in [-0.2, 0) is 4.79 Å². The first-order valence-electron chi connectivity index (χ1n) is 8.86. The largest absolute Gasteiger partial charge is 0.349 e. The first-order chi connectivity index (χ1) is 13.8. The van der Waals surface area contributed by atoms with Gasteiger partial charge in [-0.2, -0.15) is 0 Å². The summed E-state index contributed by atoms with van der Waals surface area (Å²) in [5.41, 5.74) is 2.68. The smallest absolute Gasteiger partial charge is 0.272 e. The number of carbonyl (C=O) groups is 1. The van der Waals surface area contributed by atoms with Crippen LogP contribution in [0.25, 0.3) is 0 Å². The molecule has 0 bridgehead atoms. The lowest BCUT2D eigenvalue weighted by molar-refractivity contribution is -0.119. The molecule has 1 aliphatic rings. The number of hydrogen-bond acceptors (Lipinski definition) is 3. The molecule has 0 radical (unpaired) electrons. The van der Waals surface area contributed by atoms with E-state index in [2.05, 4.69) is 11.9 Å². The number of nitrogens with zero attached hydrogens (tertiary/aromatic N) is 3. The summed E-state index contributed by atoms with van der Waals surface area (Å²) in [4.78, 5) is 21.2. The Morgan fingerprint density at radius 3 is 2.72 bits per heavy atom. The van der Waals surface area contributed by atoms with E-state index < -0.39 is 6.17 Å². The van der Waals surface area contributed by atoms with Crippen LogP contribution in [0.2, 0.25) is 10.0 Å². The van der Waals surface area contributed by atoms with Crippen molar-refractivity contribution in [1.29, 1.82) is 0 Å². The third-order valence-corrected chi connectivity index (χ3v) is 5.53. The van der Waals surface area contributed by atoms with Crippen LogP contribution in [0, 0.1) is 0 Å². The Hall–Kier alpha value is -2.41. The molecular weight excluding hydrogens is 427 g/mol. The second-order valence-corrected chi connectivity index (χ2v) is 7.77. The monoisotopic (exact) mass is 446 g/mol. The average molecular weight is 447 g/mol. The number of likely N-dealkylation sites (N-methyl/N-ethyl adjacent to an activating group) is 2. The number of amides is 1. The van der Waals surface area contributed by atoms with Crippen LogP contribution < -0.4 is 10.2 Å². The fourth-order valence-electron chi connectivity index (χ4n) is 3.01. The molecule has 1 atom stereocenters. The van der Waals surface area contributed by atoms with Gasteiger partial charge in [0.25, 0.3) is 5.91 Å². The van der Waals surface area contributed by atoms with Crippen molar-refractivity contribution in [2.24, 2.45) is 4.99 Å². The number of rotatable bonds is 4. The van der Waals surface area contributed by atoms with E-state index in [4.69, 9.17) is 40.4 Å². The van der Waals surface area contributed by atoms with Crippen LogP contribution in [-0.4, -0.2) is 48.4 Å². The molecule has 1 heterocycles. The molecule has 1 aliphatic heterocycles. The van der Waals surface area contributed by atoms with Crippen molar-refractivity contribution in [3.05, 3.63) is 76.3 Å². The molecule has 2 aromatic rings. The zero-order valence-electron chi connectivity index (χ0n) is 16.0. The Morgan fingerprint density at radius 1 is 1.31 bits per heavy atom. The van der Waals surface area contributed by atoms with Gasteiger partial charge < -0.3 is 15.1 Å². The van der Waals surface area contributed by atoms with Crippen LogP contribution >= 0.6 is 35.4 Å². The van der Waals surface area contributed by atoms with Gasteiger partial charge in [-0.05, 0) is 36.5 Å². The van der Waals surface area contributed by atoms with Gasteiger partial charge in [-0.25, -0.2) is 4.99 Å². The second-order valence-electron chi connectivity index (χ2n) is 6.54. The summed E-state index contributed by atoms with van der Waals surface area (Å²) >= 11 is 18.1. The number of thiocarbonyl (C=S) groups is 1. The Kier molecular flexibility index (Phi) is 6.57. The van der Waals surface area contributed by atoms with E-state index >= 15 is 0 Å². The van der Waals surface area contributed by atoms with Gasteiger partial charge in [0.1, 0.15) is 0 Å². The Labute approximate surface area is 185 Å². The number of benzene rings is 2. The van der Waals surface area contributed by atoms with E-state index in [-0.39, 0.29) is 5.91 Å². The third-order valence-electron chi connectivity index (χ3n) is 4.54. The number of benzodiazepines with no additional fused rings is 1. The number of nitrogens with one attached hydrogen (secondary N) is 1. The highest BCUT2D eigenvalue weighted by Gasteiger charge is 2.31. The predicted molar refractivity (Wildman–Crippen MR) is 124 cm³/mol. The molecule has 29 heavy (non-hydrogen) atoms. The van der Waals surface area contributed by atoms with E-state index in [0.717, 1.165) is 5.56 Å². The molecule has 0 saturated heterocycles. The number of carbonyl (C=O) groups excluding carboxylic acids is 1. The zero-order chi connectivity index (χ0) is 21.1. The van der Waals surface area contributed by atoms with Crippen molar-refractivity contribution in [2.75, 3.05) is 25.5 Å². The molecule has 0 aromatic heterocycles. The molecule has 0 aliphatic carbocycles. The first-order valence-corrected chi connectivity index (χ1v) is 10.0. The Balaban J connectivity index is 2.14. The molecule has 3 rings (SSSR count). The molecular formula is C21H20Cl2N4OS. The lowest BCUT2D eigenvalue weighted by Crippen LogP contribution is -2.49. The lowest BCUT2D eigenvalue weighted by atomic mass is 10.00. The van der Waals surface area contributed by atoms with Crippen LogP contribution in [0.15, 0.2) is 60.1 Å². The van der Waals surface area contributed by atoms with Crippen LogP contribution in [0.1, 0.15) is 11.1 Å². The maximum atomic E-state index is 13.2. The number of halogens is 2. The van der Waals surface area contributed by atoms with Crippen molar-refractivity contribution in [3.8, 4) is 0 Å². The molecule has 1 N–H and O–H groups in total. The summed E-state index contributed by atoms with van der Waals surface area (Å²) in [7, 11) is 3.51. The maximum Gasteiger partial charge on any atom is 0.272 e. The van der Waals surface area contributed by atoms with Crippen LogP contribution in [0.4, 0.5) is 5.69 Å². The van der Waals surface area contributed by atoms with E-state index in [1.165, 1.54) is 0 Å². The van der Waals surface area contributed by atoms with Gasteiger partial charge in [0.05, 0.1) is 11.4 Å². The lowest BCUT2D eigenvalue weighted by Gasteiger charge is -2.25. The van der Waals surface area contributed by atoms with Crippen molar-refractivity contribution in [2.45, 2.75) is 6.17 Å². The molecule has 0 saturated carbocycles. The fourth-order valence-corrected chi connectivity index (χ4v) is 3.60. The van der Waals surface area contributed by atoms with Gasteiger partial charge in [0.15, 0.2) is 5.11 Å². The van der Waals surface area contributed by atoms with E-state index in [9.17, 15) is 4.79 Å². The minimum Gasteiger partial charge on any atom is -0.349 e. The molecule has 0 spiro atoms. The van der Waals surface area contributed by atoms with Gasteiger partial charge in [-0.3, -0.25) is 4.79 Å². The summed E-state index contributed by atoms with van der Waals surface area (Å²) in [5, 5.41) is 4.50.